The summed E-state index contributed by atoms with van der Waals surface area (Å²) < 4.78 is 17.4. The van der Waals surface area contributed by atoms with Crippen LogP contribution in [-0.4, -0.2) is 25.7 Å². The Kier molecular flexibility index (Phi) is 6.02. The molecule has 0 atom stereocenters. The number of fused-ring (bicyclic) bond motifs is 2. The van der Waals surface area contributed by atoms with Gasteiger partial charge >= 0.3 is 0 Å². The second-order valence-corrected chi connectivity index (χ2v) is 7.95. The number of unbranched alkanes of at least 4 members (excludes halogenated alkanes) is 1. The number of halogens is 2. The third kappa shape index (κ3) is 3.73. The van der Waals surface area contributed by atoms with Gasteiger partial charge in [-0.3, -0.25) is 4.79 Å². The molecule has 0 N–H and O–H groups in total. The van der Waals surface area contributed by atoms with E-state index in [1.807, 2.05) is 24.3 Å². The molecular formula is C22H23Cl2NO4. The summed E-state index contributed by atoms with van der Waals surface area (Å²) in [7, 11) is 0. The van der Waals surface area contributed by atoms with Gasteiger partial charge in [-0.25, -0.2) is 0 Å². The van der Waals surface area contributed by atoms with E-state index >= 15 is 0 Å². The zero-order chi connectivity index (χ0) is 20.4. The molecule has 1 saturated heterocycles. The SMILES string of the molecule is CCCCOc1ccc(CN2C(=O)C3(OCCCO3)c3ccc(Cl)c(Cl)c32)cc1. The zero-order valence-electron chi connectivity index (χ0n) is 16.2. The average Bonchev–Trinajstić information content (AvgIpc) is 2.96. The number of ether oxygens (including phenoxy) is 3. The van der Waals surface area contributed by atoms with Crippen molar-refractivity contribution < 1.29 is 19.0 Å². The van der Waals surface area contributed by atoms with E-state index in [-0.39, 0.29) is 5.91 Å². The summed E-state index contributed by atoms with van der Waals surface area (Å²) in [6, 6.07) is 11.1. The van der Waals surface area contributed by atoms with E-state index in [1.54, 1.807) is 17.0 Å². The number of anilines is 1. The van der Waals surface area contributed by atoms with E-state index in [9.17, 15) is 4.79 Å². The lowest BCUT2D eigenvalue weighted by Crippen LogP contribution is -2.47. The van der Waals surface area contributed by atoms with Gasteiger partial charge in [-0.05, 0) is 42.7 Å². The van der Waals surface area contributed by atoms with Gasteiger partial charge in [0.1, 0.15) is 5.75 Å². The molecule has 0 aromatic heterocycles. The number of carbonyl (C=O) groups is 1. The molecule has 1 amide bonds. The van der Waals surface area contributed by atoms with Gasteiger partial charge in [0.15, 0.2) is 0 Å². The number of rotatable bonds is 6. The molecule has 0 bridgehead atoms. The van der Waals surface area contributed by atoms with Crippen molar-refractivity contribution in [3.8, 4) is 5.75 Å². The zero-order valence-corrected chi connectivity index (χ0v) is 17.8. The van der Waals surface area contributed by atoms with Crippen molar-refractivity contribution in [2.75, 3.05) is 24.7 Å². The standard InChI is InChI=1S/C22H23Cl2NO4/c1-2-3-11-27-16-7-5-15(6-8-16)14-25-20-17(9-10-18(23)19(20)24)22(21(25)26)28-12-4-13-29-22/h5-10H,2-4,11-14H2,1H3. The Morgan fingerprint density at radius 3 is 2.52 bits per heavy atom. The first-order valence-electron chi connectivity index (χ1n) is 9.87. The molecular weight excluding hydrogens is 413 g/mol. The Morgan fingerprint density at radius 1 is 1.10 bits per heavy atom. The highest BCUT2D eigenvalue weighted by Crippen LogP contribution is 2.50. The first-order chi connectivity index (χ1) is 14.1. The number of hydrogen-bond donors (Lipinski definition) is 0. The first-order valence-corrected chi connectivity index (χ1v) is 10.6. The van der Waals surface area contributed by atoms with Crippen LogP contribution in [0.1, 0.15) is 37.3 Å². The highest BCUT2D eigenvalue weighted by atomic mass is 35.5. The fourth-order valence-corrected chi connectivity index (χ4v) is 4.05. The third-order valence-electron chi connectivity index (χ3n) is 5.15. The van der Waals surface area contributed by atoms with Crippen LogP contribution in [0.4, 0.5) is 5.69 Å². The van der Waals surface area contributed by atoms with Gasteiger partial charge in [0.2, 0.25) is 0 Å². The summed E-state index contributed by atoms with van der Waals surface area (Å²) >= 11 is 12.8. The summed E-state index contributed by atoms with van der Waals surface area (Å²) in [5, 5.41) is 0.711. The van der Waals surface area contributed by atoms with E-state index in [0.717, 1.165) is 30.6 Å². The molecule has 1 fully saturated rings. The Balaban J connectivity index is 1.62. The van der Waals surface area contributed by atoms with Crippen LogP contribution in [-0.2, 0) is 26.6 Å². The van der Waals surface area contributed by atoms with Crippen molar-refractivity contribution in [1.82, 2.24) is 0 Å². The van der Waals surface area contributed by atoms with E-state index in [0.29, 0.717) is 47.7 Å². The van der Waals surface area contributed by atoms with Crippen LogP contribution in [0.2, 0.25) is 10.0 Å². The monoisotopic (exact) mass is 435 g/mol. The Hall–Kier alpha value is -1.79. The maximum atomic E-state index is 13.4. The van der Waals surface area contributed by atoms with Crippen molar-refractivity contribution in [2.45, 2.75) is 38.5 Å². The molecule has 2 aliphatic rings. The molecule has 0 radical (unpaired) electrons. The van der Waals surface area contributed by atoms with E-state index in [4.69, 9.17) is 37.4 Å². The molecule has 2 aromatic rings. The van der Waals surface area contributed by atoms with Crippen LogP contribution in [0.3, 0.4) is 0 Å². The largest absolute Gasteiger partial charge is 0.494 e. The van der Waals surface area contributed by atoms with Crippen molar-refractivity contribution in [1.29, 1.82) is 0 Å². The molecule has 29 heavy (non-hydrogen) atoms. The first kappa shape index (κ1) is 20.5. The summed E-state index contributed by atoms with van der Waals surface area (Å²) in [4.78, 5) is 15.0. The Bertz CT molecular complexity index is 894. The van der Waals surface area contributed by atoms with Crippen molar-refractivity contribution >= 4 is 34.8 Å². The van der Waals surface area contributed by atoms with Crippen LogP contribution in [0.5, 0.6) is 5.75 Å². The van der Waals surface area contributed by atoms with Crippen molar-refractivity contribution in [3.05, 3.63) is 57.6 Å². The highest BCUT2D eigenvalue weighted by molar-refractivity contribution is 6.44. The molecule has 0 unspecified atom stereocenters. The van der Waals surface area contributed by atoms with Crippen molar-refractivity contribution in [3.63, 3.8) is 0 Å². The maximum Gasteiger partial charge on any atom is 0.292 e. The number of carbonyl (C=O) groups excluding carboxylic acids is 1. The Labute approximate surface area is 180 Å². The summed E-state index contributed by atoms with van der Waals surface area (Å²) in [5.74, 6) is -0.906. The van der Waals surface area contributed by atoms with Gasteiger partial charge in [-0.2, -0.15) is 0 Å². The van der Waals surface area contributed by atoms with Crippen LogP contribution in [0.15, 0.2) is 36.4 Å². The second kappa shape index (κ2) is 8.52. The van der Waals surface area contributed by atoms with E-state index in [2.05, 4.69) is 6.92 Å². The topological polar surface area (TPSA) is 48.0 Å². The normalized spacial score (nSPS) is 17.6. The molecule has 2 aromatic carbocycles. The van der Waals surface area contributed by atoms with E-state index in [1.165, 1.54) is 0 Å². The lowest BCUT2D eigenvalue weighted by atomic mass is 10.1. The molecule has 2 aliphatic heterocycles. The summed E-state index contributed by atoms with van der Waals surface area (Å²) in [6.45, 7) is 4.04. The van der Waals surface area contributed by atoms with Gasteiger partial charge < -0.3 is 19.1 Å². The second-order valence-electron chi connectivity index (χ2n) is 7.16. The van der Waals surface area contributed by atoms with Gasteiger partial charge in [0.05, 0.1) is 42.1 Å². The maximum absolute atomic E-state index is 13.4. The van der Waals surface area contributed by atoms with Crippen LogP contribution < -0.4 is 9.64 Å². The molecule has 154 valence electrons. The minimum Gasteiger partial charge on any atom is -0.494 e. The predicted octanol–water partition coefficient (Wildman–Crippen LogP) is 5.31. The number of benzene rings is 2. The molecule has 1 spiro atoms. The number of nitrogens with zero attached hydrogens (tertiary/aromatic N) is 1. The van der Waals surface area contributed by atoms with Crippen molar-refractivity contribution in [2.24, 2.45) is 0 Å². The molecule has 2 heterocycles. The Morgan fingerprint density at radius 2 is 1.83 bits per heavy atom. The predicted molar refractivity (Wildman–Crippen MR) is 113 cm³/mol. The minimum absolute atomic E-state index is 0.278. The lowest BCUT2D eigenvalue weighted by Gasteiger charge is -2.32. The van der Waals surface area contributed by atoms with Crippen LogP contribution in [0, 0.1) is 0 Å². The lowest BCUT2D eigenvalue weighted by molar-refractivity contribution is -0.256. The van der Waals surface area contributed by atoms with Gasteiger partial charge in [0.25, 0.3) is 11.7 Å². The van der Waals surface area contributed by atoms with E-state index < -0.39 is 5.79 Å². The van der Waals surface area contributed by atoms with Gasteiger partial charge in [0, 0.05) is 5.56 Å². The fraction of sp³-hybridized carbons (Fsp3) is 0.409. The smallest absolute Gasteiger partial charge is 0.292 e. The number of hydrogen-bond acceptors (Lipinski definition) is 4. The van der Waals surface area contributed by atoms with Gasteiger partial charge in [-0.1, -0.05) is 48.7 Å². The summed E-state index contributed by atoms with van der Waals surface area (Å²) in [6.07, 6.45) is 2.84. The summed E-state index contributed by atoms with van der Waals surface area (Å²) in [5.41, 5.74) is 2.10. The average molecular weight is 436 g/mol. The van der Waals surface area contributed by atoms with Gasteiger partial charge in [-0.15, -0.1) is 0 Å². The highest BCUT2D eigenvalue weighted by Gasteiger charge is 2.55. The van der Waals surface area contributed by atoms with Crippen LogP contribution in [0.25, 0.3) is 0 Å². The fourth-order valence-electron chi connectivity index (χ4n) is 3.63. The molecule has 0 aliphatic carbocycles. The number of amides is 1. The molecule has 4 rings (SSSR count). The minimum atomic E-state index is -1.44. The third-order valence-corrected chi connectivity index (χ3v) is 5.94. The van der Waals surface area contributed by atoms with Crippen LogP contribution >= 0.6 is 23.2 Å². The molecule has 0 saturated carbocycles. The quantitative estimate of drug-likeness (QED) is 0.576. The molecule has 7 heteroatoms. The molecule has 5 nitrogen and oxygen atoms in total.